The molecule has 0 bridgehead atoms. The van der Waals surface area contributed by atoms with Gasteiger partial charge in [-0.25, -0.2) is 0 Å². The summed E-state index contributed by atoms with van der Waals surface area (Å²) in [5, 5.41) is 22.1. The van der Waals surface area contributed by atoms with Crippen LogP contribution in [-0.4, -0.2) is 31.6 Å². The Morgan fingerprint density at radius 2 is 1.74 bits per heavy atom. The number of benzene rings is 2. The maximum atomic E-state index is 13.0. The van der Waals surface area contributed by atoms with Crippen LogP contribution in [0.4, 0.5) is 5.69 Å². The second kappa shape index (κ2) is 8.19. The van der Waals surface area contributed by atoms with Gasteiger partial charge in [0.1, 0.15) is 5.76 Å². The Hall–Kier alpha value is -4.33. The summed E-state index contributed by atoms with van der Waals surface area (Å²) in [6.45, 7) is 0.137. The van der Waals surface area contributed by atoms with Gasteiger partial charge in [-0.1, -0.05) is 42.5 Å². The van der Waals surface area contributed by atoms with Gasteiger partial charge in [-0.15, -0.1) is 0 Å². The van der Waals surface area contributed by atoms with E-state index in [0.29, 0.717) is 5.56 Å². The van der Waals surface area contributed by atoms with Crippen molar-refractivity contribution in [2.24, 2.45) is 0 Å². The number of aliphatic hydroxyl groups excluding tert-OH is 1. The molecule has 2 aromatic carbocycles. The van der Waals surface area contributed by atoms with Gasteiger partial charge in [0.2, 0.25) is 0 Å². The molecule has 0 spiro atoms. The van der Waals surface area contributed by atoms with Crippen LogP contribution in [0.2, 0.25) is 0 Å². The molecule has 1 aliphatic rings. The number of hydrogen-bond donors (Lipinski definition) is 1. The minimum atomic E-state index is -0.841. The molecule has 8 nitrogen and oxygen atoms in total. The number of nitro groups is 1. The number of aliphatic hydroxyl groups is 1. The highest BCUT2D eigenvalue weighted by atomic mass is 16.6. The molecule has 1 fully saturated rings. The Kier molecular flexibility index (Phi) is 5.28. The Labute approximate surface area is 177 Å². The summed E-state index contributed by atoms with van der Waals surface area (Å²) in [5.41, 5.74) is 1.17. The number of pyridine rings is 1. The lowest BCUT2D eigenvalue weighted by Crippen LogP contribution is -2.29. The molecule has 3 aromatic rings. The highest BCUT2D eigenvalue weighted by Gasteiger charge is 2.46. The maximum absolute atomic E-state index is 13.0. The van der Waals surface area contributed by atoms with Gasteiger partial charge in [0, 0.05) is 36.6 Å². The predicted octanol–water partition coefficient (Wildman–Crippen LogP) is 3.61. The number of rotatable bonds is 5. The summed E-state index contributed by atoms with van der Waals surface area (Å²) in [6, 6.07) is 16.8. The fourth-order valence-electron chi connectivity index (χ4n) is 3.63. The zero-order valence-corrected chi connectivity index (χ0v) is 16.2. The van der Waals surface area contributed by atoms with Crippen molar-refractivity contribution in [1.29, 1.82) is 0 Å². The maximum Gasteiger partial charge on any atom is 0.295 e. The molecule has 1 atom stereocenters. The smallest absolute Gasteiger partial charge is 0.295 e. The van der Waals surface area contributed by atoms with Gasteiger partial charge < -0.3 is 10.0 Å². The number of carbonyl (C=O) groups excluding carboxylic acids is 2. The summed E-state index contributed by atoms with van der Waals surface area (Å²) >= 11 is 0. The van der Waals surface area contributed by atoms with Crippen LogP contribution in [0.3, 0.4) is 0 Å². The van der Waals surface area contributed by atoms with Crippen LogP contribution in [0, 0.1) is 10.1 Å². The van der Waals surface area contributed by atoms with E-state index in [-0.39, 0.29) is 23.4 Å². The number of hydrogen-bond acceptors (Lipinski definition) is 6. The lowest BCUT2D eigenvalue weighted by molar-refractivity contribution is -0.384. The molecule has 0 aliphatic carbocycles. The van der Waals surface area contributed by atoms with Crippen molar-refractivity contribution < 1.29 is 19.6 Å². The van der Waals surface area contributed by atoms with Crippen molar-refractivity contribution in [3.63, 3.8) is 0 Å². The number of carbonyl (C=O) groups is 2. The number of Topliss-reactive ketones (excluding diaryl/α,β-unsaturated/α-hetero) is 1. The lowest BCUT2D eigenvalue weighted by atomic mass is 9.95. The van der Waals surface area contributed by atoms with Crippen molar-refractivity contribution in [3.05, 3.63) is 112 Å². The molecule has 1 unspecified atom stereocenters. The summed E-state index contributed by atoms with van der Waals surface area (Å²) in [5.74, 6) is -2.04. The Balaban J connectivity index is 1.86. The molecule has 2 heterocycles. The number of ketones is 1. The van der Waals surface area contributed by atoms with E-state index < -0.39 is 28.4 Å². The summed E-state index contributed by atoms with van der Waals surface area (Å²) < 4.78 is 0. The molecule has 0 radical (unpaired) electrons. The van der Waals surface area contributed by atoms with E-state index in [0.717, 1.165) is 5.56 Å². The molecule has 1 saturated heterocycles. The average molecular weight is 415 g/mol. The second-order valence-electron chi connectivity index (χ2n) is 7.00. The fraction of sp³-hybridized carbons (Fsp3) is 0.0870. The van der Waals surface area contributed by atoms with Crippen LogP contribution in [0.25, 0.3) is 5.76 Å². The number of aromatic nitrogens is 1. The molecule has 1 aliphatic heterocycles. The van der Waals surface area contributed by atoms with Crippen molar-refractivity contribution >= 4 is 23.1 Å². The SMILES string of the molecule is O=C1C(=O)N(Cc2ccncc2)C(c2ccccc2)/C1=C(/O)c1cccc([N+](=O)[O-])c1. The largest absolute Gasteiger partial charge is 0.507 e. The van der Waals surface area contributed by atoms with E-state index in [1.807, 2.05) is 0 Å². The zero-order chi connectivity index (χ0) is 22.0. The first kappa shape index (κ1) is 20.0. The normalized spacial score (nSPS) is 17.7. The van der Waals surface area contributed by atoms with E-state index >= 15 is 0 Å². The van der Waals surface area contributed by atoms with Crippen molar-refractivity contribution in [2.75, 3.05) is 0 Å². The van der Waals surface area contributed by atoms with E-state index in [2.05, 4.69) is 4.98 Å². The third kappa shape index (κ3) is 3.78. The summed E-state index contributed by atoms with van der Waals surface area (Å²) in [7, 11) is 0. The van der Waals surface area contributed by atoms with Crippen LogP contribution in [0.1, 0.15) is 22.7 Å². The number of likely N-dealkylation sites (tertiary alicyclic amines) is 1. The van der Waals surface area contributed by atoms with Gasteiger partial charge in [0.25, 0.3) is 17.4 Å². The first-order valence-corrected chi connectivity index (χ1v) is 9.44. The van der Waals surface area contributed by atoms with Crippen LogP contribution in [0.15, 0.2) is 84.7 Å². The number of amides is 1. The summed E-state index contributed by atoms with van der Waals surface area (Å²) in [4.78, 5) is 41.8. The van der Waals surface area contributed by atoms with Crippen LogP contribution in [0.5, 0.6) is 0 Å². The third-order valence-electron chi connectivity index (χ3n) is 5.09. The van der Waals surface area contributed by atoms with Crippen molar-refractivity contribution in [1.82, 2.24) is 9.88 Å². The number of non-ortho nitro benzene ring substituents is 1. The van der Waals surface area contributed by atoms with E-state index in [4.69, 9.17) is 0 Å². The van der Waals surface area contributed by atoms with Gasteiger partial charge in [-0.05, 0) is 23.3 Å². The number of nitrogens with zero attached hydrogens (tertiary/aromatic N) is 3. The Morgan fingerprint density at radius 1 is 1.03 bits per heavy atom. The topological polar surface area (TPSA) is 114 Å². The zero-order valence-electron chi connectivity index (χ0n) is 16.2. The second-order valence-corrected chi connectivity index (χ2v) is 7.00. The standard InChI is InChI=1S/C23H17N3O5/c27-21(17-7-4-8-18(13-17)26(30)31)19-20(16-5-2-1-3-6-16)25(23(29)22(19)28)14-15-9-11-24-12-10-15/h1-13,20,27H,14H2/b21-19-. The molecule has 1 N–H and O–H groups in total. The molecule has 1 aromatic heterocycles. The van der Waals surface area contributed by atoms with Gasteiger partial charge in [-0.2, -0.15) is 0 Å². The fourth-order valence-corrected chi connectivity index (χ4v) is 3.63. The van der Waals surface area contributed by atoms with E-state index in [1.165, 1.54) is 29.2 Å². The van der Waals surface area contributed by atoms with Gasteiger partial charge in [0.15, 0.2) is 0 Å². The molecular formula is C23H17N3O5. The first-order chi connectivity index (χ1) is 15.0. The minimum absolute atomic E-state index is 0.0945. The third-order valence-corrected chi connectivity index (χ3v) is 5.09. The van der Waals surface area contributed by atoms with Gasteiger partial charge in [0.05, 0.1) is 16.5 Å². The highest BCUT2D eigenvalue weighted by Crippen LogP contribution is 2.40. The average Bonchev–Trinajstić information content (AvgIpc) is 3.05. The predicted molar refractivity (Wildman–Crippen MR) is 112 cm³/mol. The molecule has 1 amide bonds. The monoisotopic (exact) mass is 415 g/mol. The van der Waals surface area contributed by atoms with Crippen LogP contribution in [-0.2, 0) is 16.1 Å². The molecule has 0 saturated carbocycles. The minimum Gasteiger partial charge on any atom is -0.507 e. The Morgan fingerprint density at radius 3 is 2.42 bits per heavy atom. The molecule has 4 rings (SSSR count). The molecular weight excluding hydrogens is 398 g/mol. The van der Waals surface area contributed by atoms with Gasteiger partial charge >= 0.3 is 0 Å². The molecule has 154 valence electrons. The Bertz CT molecular complexity index is 1190. The first-order valence-electron chi connectivity index (χ1n) is 9.44. The van der Waals surface area contributed by atoms with Crippen LogP contribution >= 0.6 is 0 Å². The summed E-state index contributed by atoms with van der Waals surface area (Å²) in [6.07, 6.45) is 3.18. The lowest BCUT2D eigenvalue weighted by Gasteiger charge is -2.25. The quantitative estimate of drug-likeness (QED) is 0.224. The molecule has 31 heavy (non-hydrogen) atoms. The van der Waals surface area contributed by atoms with Crippen molar-refractivity contribution in [2.45, 2.75) is 12.6 Å². The highest BCUT2D eigenvalue weighted by molar-refractivity contribution is 6.46. The molecule has 8 heteroatoms. The van der Waals surface area contributed by atoms with E-state index in [1.54, 1.807) is 54.9 Å². The van der Waals surface area contributed by atoms with Crippen molar-refractivity contribution in [3.8, 4) is 0 Å². The number of nitro benzene ring substituents is 1. The van der Waals surface area contributed by atoms with Gasteiger partial charge in [-0.3, -0.25) is 24.7 Å². The van der Waals surface area contributed by atoms with Crippen LogP contribution < -0.4 is 0 Å². The van der Waals surface area contributed by atoms with E-state index in [9.17, 15) is 24.8 Å².